The van der Waals surface area contributed by atoms with E-state index in [1.165, 1.54) is 5.56 Å². The molecule has 0 aromatic heterocycles. The molecule has 0 atom stereocenters. The summed E-state index contributed by atoms with van der Waals surface area (Å²) in [4.78, 5) is 13.9. The lowest BCUT2D eigenvalue weighted by atomic mass is 9.63. The molecule has 1 aliphatic rings. The molecular formula is C23H30N2O2. The molecule has 4 heteroatoms. The van der Waals surface area contributed by atoms with Crippen molar-refractivity contribution in [1.29, 1.82) is 0 Å². The number of para-hydroxylation sites is 1. The van der Waals surface area contributed by atoms with Gasteiger partial charge in [0.1, 0.15) is 5.69 Å². The fourth-order valence-electron chi connectivity index (χ4n) is 4.17. The summed E-state index contributed by atoms with van der Waals surface area (Å²) in [6.07, 6.45) is 3.04. The Morgan fingerprint density at radius 2 is 1.56 bits per heavy atom. The van der Waals surface area contributed by atoms with Gasteiger partial charge in [-0.25, -0.2) is 0 Å². The molecule has 4 nitrogen and oxygen atoms in total. The molecule has 2 aromatic rings. The number of hydrogen-bond acceptors (Lipinski definition) is 3. The molecule has 0 radical (unpaired) electrons. The van der Waals surface area contributed by atoms with Gasteiger partial charge in [0, 0.05) is 18.3 Å². The van der Waals surface area contributed by atoms with Gasteiger partial charge in [-0.2, -0.15) is 0 Å². The van der Waals surface area contributed by atoms with E-state index in [0.29, 0.717) is 5.69 Å². The predicted molar refractivity (Wildman–Crippen MR) is 112 cm³/mol. The average Bonchev–Trinajstić information content (AvgIpc) is 2.63. The number of nitrogens with zero attached hydrogens (tertiary/aromatic N) is 2. The van der Waals surface area contributed by atoms with Gasteiger partial charge in [-0.3, -0.25) is 10.1 Å². The van der Waals surface area contributed by atoms with Crippen LogP contribution in [0.3, 0.4) is 0 Å². The molecule has 0 fully saturated rings. The highest BCUT2D eigenvalue weighted by Crippen LogP contribution is 2.49. The average molecular weight is 367 g/mol. The maximum Gasteiger partial charge on any atom is 0.293 e. The summed E-state index contributed by atoms with van der Waals surface area (Å²) in [5.41, 5.74) is 4.25. The maximum atomic E-state index is 12.0. The summed E-state index contributed by atoms with van der Waals surface area (Å²) >= 11 is 0. The highest BCUT2D eigenvalue weighted by molar-refractivity contribution is 5.75. The van der Waals surface area contributed by atoms with Crippen LogP contribution in [0.4, 0.5) is 17.1 Å². The number of nitro benzene ring substituents is 1. The lowest BCUT2D eigenvalue weighted by molar-refractivity contribution is -0.384. The van der Waals surface area contributed by atoms with Gasteiger partial charge in [0.25, 0.3) is 5.69 Å². The molecule has 0 amide bonds. The fourth-order valence-corrected chi connectivity index (χ4v) is 4.17. The number of nitro groups is 1. The molecule has 0 unspecified atom stereocenters. The molecule has 0 bridgehead atoms. The van der Waals surface area contributed by atoms with Crippen LogP contribution >= 0.6 is 0 Å². The van der Waals surface area contributed by atoms with Gasteiger partial charge < -0.3 is 4.90 Å². The Morgan fingerprint density at radius 3 is 2.07 bits per heavy atom. The minimum Gasteiger partial charge on any atom is -0.336 e. The predicted octanol–water partition coefficient (Wildman–Crippen LogP) is 6.49. The smallest absolute Gasteiger partial charge is 0.293 e. The second kappa shape index (κ2) is 6.99. The Hall–Kier alpha value is -2.36. The first kappa shape index (κ1) is 19.4. The second-order valence-electron chi connectivity index (χ2n) is 8.90. The van der Waals surface area contributed by atoms with E-state index in [1.54, 1.807) is 0 Å². The first-order chi connectivity index (χ1) is 12.7. The van der Waals surface area contributed by atoms with E-state index >= 15 is 0 Å². The van der Waals surface area contributed by atoms with E-state index in [-0.39, 0.29) is 21.4 Å². The first-order valence-electron chi connectivity index (χ1n) is 9.83. The summed E-state index contributed by atoms with van der Waals surface area (Å²) in [5, 5.41) is 12.0. The van der Waals surface area contributed by atoms with Crippen molar-refractivity contribution in [1.82, 2.24) is 0 Å². The van der Waals surface area contributed by atoms with Crippen molar-refractivity contribution in [2.75, 3.05) is 11.4 Å². The zero-order chi connectivity index (χ0) is 19.8. The number of hydrogen-bond donors (Lipinski definition) is 0. The van der Waals surface area contributed by atoms with Crippen molar-refractivity contribution in [3.05, 3.63) is 63.7 Å². The number of anilines is 2. The van der Waals surface area contributed by atoms with Gasteiger partial charge in [0.2, 0.25) is 0 Å². The van der Waals surface area contributed by atoms with E-state index in [9.17, 15) is 10.1 Å². The summed E-state index contributed by atoms with van der Waals surface area (Å²) in [6, 6.07) is 13.9. The van der Waals surface area contributed by atoms with Crippen LogP contribution in [0.25, 0.3) is 0 Å². The maximum absolute atomic E-state index is 12.0. The molecule has 0 saturated carbocycles. The quantitative estimate of drug-likeness (QED) is 0.449. The lowest BCUT2D eigenvalue weighted by Gasteiger charge is -2.42. The summed E-state index contributed by atoms with van der Waals surface area (Å²) in [6.45, 7) is 11.8. The Balaban J connectivity index is 2.27. The van der Waals surface area contributed by atoms with Crippen LogP contribution in [0.5, 0.6) is 0 Å². The van der Waals surface area contributed by atoms with Gasteiger partial charge in [-0.15, -0.1) is 0 Å². The lowest BCUT2D eigenvalue weighted by Crippen LogP contribution is -2.34. The number of fused-ring (bicyclic) bond motifs is 1. The standard InChI is InChI=1S/C23H30N2O2/c1-6-14-24(17-10-8-7-9-11-17)20-15-18-19(16-21(20)25(26)27)23(4,5)13-12-22(18,2)3/h7-11,15-16H,6,12-14H2,1-5H3. The molecular weight excluding hydrogens is 336 g/mol. The van der Waals surface area contributed by atoms with Crippen molar-refractivity contribution in [3.63, 3.8) is 0 Å². The molecule has 3 rings (SSSR count). The van der Waals surface area contributed by atoms with E-state index in [2.05, 4.69) is 45.6 Å². The largest absolute Gasteiger partial charge is 0.336 e. The first-order valence-corrected chi connectivity index (χ1v) is 9.83. The van der Waals surface area contributed by atoms with E-state index in [0.717, 1.165) is 37.1 Å². The molecule has 0 spiro atoms. The summed E-state index contributed by atoms with van der Waals surface area (Å²) in [5.74, 6) is 0. The number of benzene rings is 2. The van der Waals surface area contributed by atoms with Crippen molar-refractivity contribution < 1.29 is 4.92 Å². The molecule has 0 saturated heterocycles. The third-order valence-electron chi connectivity index (χ3n) is 5.95. The Kier molecular flexibility index (Phi) is 5.02. The second-order valence-corrected chi connectivity index (χ2v) is 8.90. The van der Waals surface area contributed by atoms with Gasteiger partial charge in [0.05, 0.1) is 4.92 Å². The van der Waals surface area contributed by atoms with Crippen LogP contribution in [0, 0.1) is 10.1 Å². The molecule has 0 aliphatic heterocycles. The van der Waals surface area contributed by atoms with Crippen LogP contribution in [0.2, 0.25) is 0 Å². The van der Waals surface area contributed by atoms with Crippen LogP contribution in [0.1, 0.15) is 65.0 Å². The van der Waals surface area contributed by atoms with Crippen LogP contribution in [0.15, 0.2) is 42.5 Å². The minimum atomic E-state index is -0.223. The van der Waals surface area contributed by atoms with Crippen LogP contribution < -0.4 is 4.90 Å². The Bertz CT molecular complexity index is 841. The molecule has 0 heterocycles. The van der Waals surface area contributed by atoms with Crippen LogP contribution in [-0.2, 0) is 10.8 Å². The topological polar surface area (TPSA) is 46.4 Å². The highest BCUT2D eigenvalue weighted by atomic mass is 16.6. The van der Waals surface area contributed by atoms with Gasteiger partial charge >= 0.3 is 0 Å². The summed E-state index contributed by atoms with van der Waals surface area (Å²) < 4.78 is 0. The van der Waals surface area contributed by atoms with E-state index in [4.69, 9.17) is 0 Å². The van der Waals surface area contributed by atoms with Gasteiger partial charge in [-0.05, 0) is 59.4 Å². The van der Waals surface area contributed by atoms with Gasteiger partial charge in [-0.1, -0.05) is 52.8 Å². The molecule has 0 N–H and O–H groups in total. The molecule has 2 aromatic carbocycles. The van der Waals surface area contributed by atoms with Crippen LogP contribution in [-0.4, -0.2) is 11.5 Å². The Labute approximate surface area is 162 Å². The van der Waals surface area contributed by atoms with E-state index in [1.807, 2.05) is 36.4 Å². The summed E-state index contributed by atoms with van der Waals surface area (Å²) in [7, 11) is 0. The zero-order valence-corrected chi connectivity index (χ0v) is 17.1. The normalized spacial score (nSPS) is 17.2. The minimum absolute atomic E-state index is 0.0172. The zero-order valence-electron chi connectivity index (χ0n) is 17.1. The fraction of sp³-hybridized carbons (Fsp3) is 0.478. The number of rotatable bonds is 5. The SMILES string of the molecule is CCCN(c1ccccc1)c1cc2c(cc1[N+](=O)[O-])C(C)(C)CCC2(C)C. The monoisotopic (exact) mass is 366 g/mol. The third-order valence-corrected chi connectivity index (χ3v) is 5.95. The van der Waals surface area contributed by atoms with Crippen molar-refractivity contribution in [3.8, 4) is 0 Å². The highest BCUT2D eigenvalue weighted by Gasteiger charge is 2.39. The van der Waals surface area contributed by atoms with Crippen molar-refractivity contribution in [2.45, 2.75) is 64.7 Å². The Morgan fingerprint density at radius 1 is 1.00 bits per heavy atom. The van der Waals surface area contributed by atoms with E-state index < -0.39 is 0 Å². The molecule has 144 valence electrons. The molecule has 27 heavy (non-hydrogen) atoms. The van der Waals surface area contributed by atoms with Gasteiger partial charge in [0.15, 0.2) is 0 Å². The third kappa shape index (κ3) is 3.58. The van der Waals surface area contributed by atoms with Crippen molar-refractivity contribution in [2.24, 2.45) is 0 Å². The molecule has 1 aliphatic carbocycles. The van der Waals surface area contributed by atoms with Crippen molar-refractivity contribution >= 4 is 17.1 Å².